The summed E-state index contributed by atoms with van der Waals surface area (Å²) in [6.45, 7) is 1.43. The first-order chi connectivity index (χ1) is 9.30. The Morgan fingerprint density at radius 1 is 1.05 bits per heavy atom. The van der Waals surface area contributed by atoms with Gasteiger partial charge in [-0.15, -0.1) is 0 Å². The Balaban J connectivity index is 2.49. The van der Waals surface area contributed by atoms with Crippen molar-refractivity contribution in [3.63, 3.8) is 0 Å². The molecule has 0 fully saturated rings. The van der Waals surface area contributed by atoms with E-state index in [9.17, 15) is 22.4 Å². The van der Waals surface area contributed by atoms with Crippen molar-refractivity contribution < 1.29 is 22.4 Å². The summed E-state index contributed by atoms with van der Waals surface area (Å²) in [7, 11) is 0. The highest BCUT2D eigenvalue weighted by Gasteiger charge is 2.54. The fourth-order valence-electron chi connectivity index (χ4n) is 1.61. The fourth-order valence-corrected chi connectivity index (χ4v) is 2.46. The molecule has 20 heavy (non-hydrogen) atoms. The third-order valence-corrected chi connectivity index (χ3v) is 3.66. The van der Waals surface area contributed by atoms with Crippen LogP contribution in [0.4, 0.5) is 17.6 Å². The highest BCUT2D eigenvalue weighted by atomic mass is 32.2. The van der Waals surface area contributed by atoms with Crippen LogP contribution in [0.25, 0.3) is 0 Å². The molecular weight excluding hydrogens is 292 g/mol. The van der Waals surface area contributed by atoms with Gasteiger partial charge < -0.3 is 0 Å². The monoisotopic (exact) mass is 308 g/mol. The maximum absolute atomic E-state index is 13.4. The molecule has 0 unspecified atom stereocenters. The Bertz CT molecular complexity index is 434. The summed E-state index contributed by atoms with van der Waals surface area (Å²) in [5.74, 6) is -8.43. The van der Waals surface area contributed by atoms with Crippen LogP contribution in [0.1, 0.15) is 36.5 Å². The van der Waals surface area contributed by atoms with Crippen molar-refractivity contribution in [2.75, 3.05) is 5.75 Å². The lowest BCUT2D eigenvalue weighted by Gasteiger charge is -2.26. The Labute approximate surface area is 119 Å². The predicted molar refractivity (Wildman–Crippen MR) is 72.6 cm³/mol. The summed E-state index contributed by atoms with van der Waals surface area (Å²) in [5.41, 5.74) is 0.376. The van der Waals surface area contributed by atoms with Gasteiger partial charge in [-0.1, -0.05) is 55.4 Å². The second kappa shape index (κ2) is 7.11. The molecule has 0 amide bonds. The Morgan fingerprint density at radius 2 is 1.60 bits per heavy atom. The Morgan fingerprint density at radius 3 is 2.15 bits per heavy atom. The molecule has 0 aromatic heterocycles. The van der Waals surface area contributed by atoms with E-state index in [0.717, 1.165) is 0 Å². The first kappa shape index (κ1) is 17.0. The van der Waals surface area contributed by atoms with Crippen LogP contribution < -0.4 is 0 Å². The maximum Gasteiger partial charge on any atom is 0.311 e. The molecule has 0 spiro atoms. The first-order valence-electron chi connectivity index (χ1n) is 6.28. The molecule has 112 valence electrons. The van der Waals surface area contributed by atoms with E-state index in [-0.39, 0.29) is 17.3 Å². The molecule has 1 aromatic rings. The van der Waals surface area contributed by atoms with Crippen molar-refractivity contribution in [2.24, 2.45) is 0 Å². The lowest BCUT2D eigenvalue weighted by atomic mass is 10.0. The molecule has 0 saturated heterocycles. The molecule has 0 N–H and O–H groups in total. The summed E-state index contributed by atoms with van der Waals surface area (Å²) in [4.78, 5) is 11.6. The molecule has 1 aromatic carbocycles. The summed E-state index contributed by atoms with van der Waals surface area (Å²) in [5, 5.41) is -0.389. The van der Waals surface area contributed by atoms with Gasteiger partial charge in [-0.3, -0.25) is 4.79 Å². The number of thioether (sulfide) groups is 1. The van der Waals surface area contributed by atoms with Crippen LogP contribution in [-0.4, -0.2) is 22.7 Å². The van der Waals surface area contributed by atoms with Crippen LogP contribution >= 0.6 is 11.8 Å². The quantitative estimate of drug-likeness (QED) is 0.658. The van der Waals surface area contributed by atoms with Crippen molar-refractivity contribution in [1.29, 1.82) is 0 Å². The first-order valence-corrected chi connectivity index (χ1v) is 7.26. The van der Waals surface area contributed by atoms with Crippen LogP contribution in [0.15, 0.2) is 30.3 Å². The van der Waals surface area contributed by atoms with E-state index in [1.54, 1.807) is 30.3 Å². The van der Waals surface area contributed by atoms with Crippen molar-refractivity contribution in [3.8, 4) is 0 Å². The Kier molecular flexibility index (Phi) is 6.05. The third kappa shape index (κ3) is 4.51. The lowest BCUT2D eigenvalue weighted by Crippen LogP contribution is -2.40. The number of carbonyl (C=O) groups excluding carboxylic acids is 1. The number of benzene rings is 1. The van der Waals surface area contributed by atoms with Gasteiger partial charge in [0, 0.05) is 24.2 Å². The van der Waals surface area contributed by atoms with Crippen LogP contribution in [0.5, 0.6) is 0 Å². The van der Waals surface area contributed by atoms with Gasteiger partial charge in [-0.25, -0.2) is 0 Å². The van der Waals surface area contributed by atoms with Gasteiger partial charge in [-0.05, 0) is 0 Å². The van der Waals surface area contributed by atoms with Gasteiger partial charge in [0.2, 0.25) is 5.12 Å². The van der Waals surface area contributed by atoms with Crippen LogP contribution in [0.3, 0.4) is 0 Å². The van der Waals surface area contributed by atoms with Gasteiger partial charge in [0.15, 0.2) is 0 Å². The number of rotatable bonds is 7. The molecule has 0 aliphatic rings. The van der Waals surface area contributed by atoms with E-state index in [2.05, 4.69) is 0 Å². The standard InChI is InChI=1S/C14H16F4OS/c1-2-8-13(15,16)14(17,18)9-10-20-12(19)11-6-4-3-5-7-11/h3-7H,2,8-10H2,1H3. The van der Waals surface area contributed by atoms with Gasteiger partial charge in [-0.2, -0.15) is 17.6 Å². The summed E-state index contributed by atoms with van der Waals surface area (Å²) >= 11 is 0.638. The van der Waals surface area contributed by atoms with E-state index in [1.807, 2.05) is 0 Å². The van der Waals surface area contributed by atoms with E-state index in [1.165, 1.54) is 6.92 Å². The molecule has 0 radical (unpaired) electrons. The maximum atomic E-state index is 13.4. The van der Waals surface area contributed by atoms with E-state index in [4.69, 9.17) is 0 Å². The fraction of sp³-hybridized carbons (Fsp3) is 0.500. The van der Waals surface area contributed by atoms with Gasteiger partial charge >= 0.3 is 11.8 Å². The van der Waals surface area contributed by atoms with E-state index >= 15 is 0 Å². The van der Waals surface area contributed by atoms with Crippen molar-refractivity contribution in [1.82, 2.24) is 0 Å². The normalized spacial score (nSPS) is 12.4. The molecule has 1 rings (SSSR count). The zero-order valence-electron chi connectivity index (χ0n) is 11.0. The molecule has 1 nitrogen and oxygen atoms in total. The summed E-state index contributed by atoms with van der Waals surface area (Å²) in [6, 6.07) is 8.13. The number of carbonyl (C=O) groups is 1. The number of alkyl halides is 4. The molecule has 0 atom stereocenters. The zero-order chi connectivity index (χ0) is 15.2. The number of hydrogen-bond donors (Lipinski definition) is 0. The molecule has 6 heteroatoms. The minimum atomic E-state index is -4.08. The molecule has 0 heterocycles. The second-order valence-electron chi connectivity index (χ2n) is 4.41. The molecule has 0 aliphatic heterocycles. The van der Waals surface area contributed by atoms with Crippen LogP contribution in [-0.2, 0) is 0 Å². The van der Waals surface area contributed by atoms with E-state index < -0.39 is 24.7 Å². The predicted octanol–water partition coefficient (Wildman–Crippen LogP) is 5.02. The SMILES string of the molecule is CCCC(F)(F)C(F)(F)CCSC(=O)c1ccccc1. The van der Waals surface area contributed by atoms with Crippen LogP contribution in [0, 0.1) is 0 Å². The molecule has 0 saturated carbocycles. The average Bonchev–Trinajstić information content (AvgIpc) is 2.39. The molecule has 0 aliphatic carbocycles. The second-order valence-corrected chi connectivity index (χ2v) is 5.48. The number of hydrogen-bond acceptors (Lipinski definition) is 2. The van der Waals surface area contributed by atoms with E-state index in [0.29, 0.717) is 17.3 Å². The lowest BCUT2D eigenvalue weighted by molar-refractivity contribution is -0.212. The minimum Gasteiger partial charge on any atom is -0.282 e. The third-order valence-electron chi connectivity index (χ3n) is 2.76. The summed E-state index contributed by atoms with van der Waals surface area (Å²) in [6.07, 6.45) is -1.88. The highest BCUT2D eigenvalue weighted by Crippen LogP contribution is 2.41. The average molecular weight is 308 g/mol. The highest BCUT2D eigenvalue weighted by molar-refractivity contribution is 8.14. The zero-order valence-corrected chi connectivity index (χ0v) is 11.9. The van der Waals surface area contributed by atoms with Crippen LogP contribution in [0.2, 0.25) is 0 Å². The Hall–Kier alpha value is -1.04. The van der Waals surface area contributed by atoms with Crippen molar-refractivity contribution in [2.45, 2.75) is 38.0 Å². The van der Waals surface area contributed by atoms with Gasteiger partial charge in [0.1, 0.15) is 0 Å². The van der Waals surface area contributed by atoms with Crippen molar-refractivity contribution >= 4 is 16.9 Å². The summed E-state index contributed by atoms with van der Waals surface area (Å²) < 4.78 is 53.1. The topological polar surface area (TPSA) is 17.1 Å². The van der Waals surface area contributed by atoms with Crippen molar-refractivity contribution in [3.05, 3.63) is 35.9 Å². The molecule has 0 bridgehead atoms. The largest absolute Gasteiger partial charge is 0.311 e. The minimum absolute atomic E-state index is 0.0152. The number of halogens is 4. The van der Waals surface area contributed by atoms with Gasteiger partial charge in [0.25, 0.3) is 0 Å². The van der Waals surface area contributed by atoms with Gasteiger partial charge in [0.05, 0.1) is 0 Å². The molecular formula is C14H16F4OS. The smallest absolute Gasteiger partial charge is 0.282 e.